The Labute approximate surface area is 153 Å². The number of nitrogens with zero attached hydrogens (tertiary/aromatic N) is 3. The summed E-state index contributed by atoms with van der Waals surface area (Å²) < 4.78 is 13.5. The van der Waals surface area contributed by atoms with Crippen LogP contribution in [-0.2, 0) is 6.42 Å². The summed E-state index contributed by atoms with van der Waals surface area (Å²) in [5.74, 6) is 0.247. The van der Waals surface area contributed by atoms with Crippen molar-refractivity contribution in [2.75, 3.05) is 31.1 Å². The largest absolute Gasteiger partial charge is 0.339 e. The molecule has 4 rings (SSSR count). The number of halogens is 1. The third-order valence-electron chi connectivity index (χ3n) is 5.31. The minimum absolute atomic E-state index is 0.0454. The second-order valence-corrected chi connectivity index (χ2v) is 7.15. The third-order valence-corrected chi connectivity index (χ3v) is 5.31. The van der Waals surface area contributed by atoms with Crippen molar-refractivity contribution in [1.29, 1.82) is 0 Å². The normalized spacial score (nSPS) is 21.4. The molecule has 2 heterocycles. The summed E-state index contributed by atoms with van der Waals surface area (Å²) >= 11 is 0. The number of benzene rings is 2. The monoisotopic (exact) mass is 353 g/mol. The molecule has 2 aromatic rings. The first-order valence-corrected chi connectivity index (χ1v) is 9.34. The van der Waals surface area contributed by atoms with Crippen molar-refractivity contribution in [3.8, 4) is 0 Å². The number of rotatable bonds is 4. The molecule has 0 aliphatic carbocycles. The van der Waals surface area contributed by atoms with Gasteiger partial charge in [-0.25, -0.2) is 14.2 Å². The molecule has 2 aliphatic rings. The summed E-state index contributed by atoms with van der Waals surface area (Å²) in [6, 6.07) is 16.8. The highest BCUT2D eigenvalue weighted by molar-refractivity contribution is 5.93. The molecule has 2 aliphatic heterocycles. The third kappa shape index (κ3) is 3.58. The zero-order chi connectivity index (χ0) is 17.9. The van der Waals surface area contributed by atoms with Gasteiger partial charge in [0.2, 0.25) is 0 Å². The number of hydrazine groups is 1. The molecule has 0 unspecified atom stereocenters. The van der Waals surface area contributed by atoms with Crippen molar-refractivity contribution in [2.45, 2.75) is 19.3 Å². The molecule has 136 valence electrons. The van der Waals surface area contributed by atoms with E-state index in [1.807, 2.05) is 11.1 Å². The number of anilines is 1. The number of amides is 2. The molecule has 0 bridgehead atoms. The average molecular weight is 353 g/mol. The molecule has 2 fully saturated rings. The minimum atomic E-state index is -0.311. The second-order valence-electron chi connectivity index (χ2n) is 7.15. The first-order valence-electron chi connectivity index (χ1n) is 9.34. The maximum atomic E-state index is 13.5. The number of urea groups is 1. The van der Waals surface area contributed by atoms with Crippen LogP contribution in [-0.4, -0.2) is 42.2 Å². The predicted octanol–water partition coefficient (Wildman–Crippen LogP) is 3.94. The fraction of sp³-hybridized carbons (Fsp3) is 0.381. The quantitative estimate of drug-likeness (QED) is 0.832. The Morgan fingerprint density at radius 3 is 2.65 bits per heavy atom. The zero-order valence-electron chi connectivity index (χ0n) is 14.9. The molecule has 0 aromatic heterocycles. The number of piperidine rings is 1. The molecular weight excluding hydrogens is 329 g/mol. The number of hydrogen-bond acceptors (Lipinski definition) is 2. The average Bonchev–Trinajstić information content (AvgIpc) is 3.04. The van der Waals surface area contributed by atoms with Crippen molar-refractivity contribution in [2.24, 2.45) is 5.92 Å². The van der Waals surface area contributed by atoms with Crippen LogP contribution in [0.15, 0.2) is 54.6 Å². The van der Waals surface area contributed by atoms with Gasteiger partial charge in [0, 0.05) is 25.3 Å². The van der Waals surface area contributed by atoms with Crippen molar-refractivity contribution in [1.82, 2.24) is 10.0 Å². The lowest BCUT2D eigenvalue weighted by atomic mass is 9.92. The van der Waals surface area contributed by atoms with Gasteiger partial charge in [0.15, 0.2) is 0 Å². The van der Waals surface area contributed by atoms with E-state index in [1.54, 1.807) is 17.0 Å². The first kappa shape index (κ1) is 17.0. The molecule has 26 heavy (non-hydrogen) atoms. The Bertz CT molecular complexity index is 767. The molecule has 1 atom stereocenters. The van der Waals surface area contributed by atoms with Crippen LogP contribution >= 0.6 is 0 Å². The van der Waals surface area contributed by atoms with Crippen LogP contribution in [0.2, 0.25) is 0 Å². The fourth-order valence-corrected chi connectivity index (χ4v) is 4.05. The summed E-state index contributed by atoms with van der Waals surface area (Å²) in [7, 11) is 0. The van der Waals surface area contributed by atoms with Gasteiger partial charge in [-0.1, -0.05) is 36.4 Å². The Balaban J connectivity index is 1.42. The number of carbonyl (C=O) groups is 1. The van der Waals surface area contributed by atoms with E-state index in [0.29, 0.717) is 24.7 Å². The lowest BCUT2D eigenvalue weighted by Crippen LogP contribution is -2.50. The topological polar surface area (TPSA) is 26.8 Å². The molecule has 0 N–H and O–H groups in total. The van der Waals surface area contributed by atoms with Crippen molar-refractivity contribution < 1.29 is 9.18 Å². The smallest absolute Gasteiger partial charge is 0.291 e. The fourth-order valence-electron chi connectivity index (χ4n) is 4.05. The van der Waals surface area contributed by atoms with Gasteiger partial charge in [0.25, 0.3) is 0 Å². The highest BCUT2D eigenvalue weighted by atomic mass is 19.1. The van der Waals surface area contributed by atoms with Crippen molar-refractivity contribution in [3.05, 3.63) is 66.0 Å². The molecule has 2 aromatic carbocycles. The van der Waals surface area contributed by atoms with E-state index in [0.717, 1.165) is 25.9 Å². The molecule has 4 nitrogen and oxygen atoms in total. The molecule has 2 saturated heterocycles. The Morgan fingerprint density at radius 2 is 1.85 bits per heavy atom. The van der Waals surface area contributed by atoms with Crippen LogP contribution in [0.5, 0.6) is 0 Å². The predicted molar refractivity (Wildman–Crippen MR) is 100 cm³/mol. The summed E-state index contributed by atoms with van der Waals surface area (Å²) in [4.78, 5) is 14.5. The van der Waals surface area contributed by atoms with Gasteiger partial charge in [-0.2, -0.15) is 0 Å². The van der Waals surface area contributed by atoms with Gasteiger partial charge in [0.1, 0.15) is 5.82 Å². The molecule has 0 radical (unpaired) electrons. The Kier molecular flexibility index (Phi) is 4.89. The highest BCUT2D eigenvalue weighted by Crippen LogP contribution is 2.26. The molecular formula is C21H24FN3O. The Morgan fingerprint density at radius 1 is 1.00 bits per heavy atom. The summed E-state index contributed by atoms with van der Waals surface area (Å²) in [5.41, 5.74) is 1.99. The molecule has 5 heteroatoms. The van der Waals surface area contributed by atoms with E-state index in [-0.39, 0.29) is 11.8 Å². The molecule has 2 amide bonds. The highest BCUT2D eigenvalue weighted by Gasteiger charge is 2.35. The second kappa shape index (κ2) is 7.46. The summed E-state index contributed by atoms with van der Waals surface area (Å²) in [5, 5.41) is 4.04. The number of carbonyl (C=O) groups excluding carboxylic acids is 1. The van der Waals surface area contributed by atoms with Crippen LogP contribution < -0.4 is 4.90 Å². The SMILES string of the molecule is O=C1N(c2cccc(F)c2)CCN1N1CCC[C@H](Cc2ccccc2)C1. The van der Waals surface area contributed by atoms with E-state index in [1.165, 1.54) is 24.1 Å². The van der Waals surface area contributed by atoms with Gasteiger partial charge in [-0.05, 0) is 48.9 Å². The van der Waals surface area contributed by atoms with Crippen molar-refractivity contribution in [3.63, 3.8) is 0 Å². The van der Waals surface area contributed by atoms with Gasteiger partial charge in [0.05, 0.1) is 6.54 Å². The van der Waals surface area contributed by atoms with Gasteiger partial charge < -0.3 is 0 Å². The van der Waals surface area contributed by atoms with Gasteiger partial charge >= 0.3 is 6.03 Å². The van der Waals surface area contributed by atoms with E-state index in [4.69, 9.17) is 0 Å². The van der Waals surface area contributed by atoms with Crippen molar-refractivity contribution >= 4 is 11.7 Å². The van der Waals surface area contributed by atoms with E-state index in [9.17, 15) is 9.18 Å². The van der Waals surface area contributed by atoms with Crippen LogP contribution in [0, 0.1) is 11.7 Å². The molecule has 0 spiro atoms. The van der Waals surface area contributed by atoms with Gasteiger partial charge in [-0.3, -0.25) is 9.91 Å². The van der Waals surface area contributed by atoms with E-state index in [2.05, 4.69) is 29.3 Å². The van der Waals surface area contributed by atoms with E-state index < -0.39 is 0 Å². The van der Waals surface area contributed by atoms with Crippen LogP contribution in [0.25, 0.3) is 0 Å². The molecule has 0 saturated carbocycles. The summed E-state index contributed by atoms with van der Waals surface area (Å²) in [6.07, 6.45) is 3.34. The first-order chi connectivity index (χ1) is 12.7. The lowest BCUT2D eigenvalue weighted by molar-refractivity contribution is -0.00402. The Hall–Kier alpha value is -2.40. The van der Waals surface area contributed by atoms with Crippen LogP contribution in [0.3, 0.4) is 0 Å². The lowest BCUT2D eigenvalue weighted by Gasteiger charge is -2.38. The maximum absolute atomic E-state index is 13.5. The van der Waals surface area contributed by atoms with Crippen LogP contribution in [0.1, 0.15) is 18.4 Å². The van der Waals surface area contributed by atoms with E-state index >= 15 is 0 Å². The standard InChI is InChI=1S/C21H24FN3O/c22-19-9-4-10-20(15-19)24-12-13-25(21(24)26)23-11-5-8-18(16-23)14-17-6-2-1-3-7-17/h1-4,6-7,9-10,15,18H,5,8,11-14,16H2/t18-/m1/s1. The van der Waals surface area contributed by atoms with Crippen LogP contribution in [0.4, 0.5) is 14.9 Å². The summed E-state index contributed by atoms with van der Waals surface area (Å²) in [6.45, 7) is 3.07. The number of hydrogen-bond donors (Lipinski definition) is 0. The van der Waals surface area contributed by atoms with Gasteiger partial charge in [-0.15, -0.1) is 0 Å². The maximum Gasteiger partial charge on any atom is 0.339 e. The minimum Gasteiger partial charge on any atom is -0.291 e. The zero-order valence-corrected chi connectivity index (χ0v) is 14.9.